The van der Waals surface area contributed by atoms with Crippen LogP contribution in [0, 0.1) is 0 Å². The average Bonchev–Trinajstić information content (AvgIpc) is 2.66. The van der Waals surface area contributed by atoms with Gasteiger partial charge in [0.05, 0.1) is 26.2 Å². The van der Waals surface area contributed by atoms with Gasteiger partial charge in [-0.3, -0.25) is 4.79 Å². The summed E-state index contributed by atoms with van der Waals surface area (Å²) in [6.07, 6.45) is -0.125. The predicted molar refractivity (Wildman–Crippen MR) is 97.0 cm³/mol. The molecule has 0 bridgehead atoms. The van der Waals surface area contributed by atoms with E-state index in [1.165, 1.54) is 0 Å². The number of carbonyl (C=O) groups excluding carboxylic acids is 1. The van der Waals surface area contributed by atoms with Crippen LogP contribution in [0.15, 0.2) is 48.5 Å². The van der Waals surface area contributed by atoms with Crippen LogP contribution in [-0.4, -0.2) is 31.8 Å². The van der Waals surface area contributed by atoms with E-state index in [2.05, 4.69) is 5.32 Å². The molecule has 2 aromatic carbocycles. The van der Waals surface area contributed by atoms with E-state index in [0.717, 1.165) is 5.56 Å². The van der Waals surface area contributed by atoms with Gasteiger partial charge in [0.1, 0.15) is 0 Å². The number of aliphatic hydroxyl groups is 1. The van der Waals surface area contributed by atoms with Crippen LogP contribution in [0.1, 0.15) is 36.5 Å². The number of hydrogen-bond donors (Lipinski definition) is 2. The van der Waals surface area contributed by atoms with Crippen molar-refractivity contribution in [2.75, 3.05) is 20.8 Å². The van der Waals surface area contributed by atoms with Crippen molar-refractivity contribution in [2.45, 2.75) is 25.4 Å². The Labute approximate surface area is 148 Å². The second kappa shape index (κ2) is 9.08. The predicted octanol–water partition coefficient (Wildman–Crippen LogP) is 3.05. The Hall–Kier alpha value is -2.53. The topological polar surface area (TPSA) is 67.8 Å². The first-order valence-corrected chi connectivity index (χ1v) is 8.33. The van der Waals surface area contributed by atoms with E-state index >= 15 is 0 Å². The lowest BCUT2D eigenvalue weighted by Crippen LogP contribution is -2.32. The van der Waals surface area contributed by atoms with E-state index in [4.69, 9.17) is 9.47 Å². The lowest BCUT2D eigenvalue weighted by molar-refractivity contribution is -0.123. The van der Waals surface area contributed by atoms with Crippen molar-refractivity contribution in [3.05, 3.63) is 59.7 Å². The molecule has 2 rings (SSSR count). The van der Waals surface area contributed by atoms with Gasteiger partial charge in [0, 0.05) is 6.54 Å². The van der Waals surface area contributed by atoms with Crippen molar-refractivity contribution in [3.8, 4) is 11.5 Å². The summed E-state index contributed by atoms with van der Waals surface area (Å²) < 4.78 is 10.4. The molecule has 2 aromatic rings. The van der Waals surface area contributed by atoms with Crippen LogP contribution in [0.2, 0.25) is 0 Å². The largest absolute Gasteiger partial charge is 0.493 e. The van der Waals surface area contributed by atoms with Gasteiger partial charge < -0.3 is 19.9 Å². The van der Waals surface area contributed by atoms with Crippen LogP contribution in [0.3, 0.4) is 0 Å². The van der Waals surface area contributed by atoms with Gasteiger partial charge in [-0.15, -0.1) is 0 Å². The van der Waals surface area contributed by atoms with E-state index in [9.17, 15) is 9.90 Å². The molecule has 1 amide bonds. The number of carbonyl (C=O) groups is 1. The summed E-state index contributed by atoms with van der Waals surface area (Å²) in [5.41, 5.74) is 1.63. The summed E-state index contributed by atoms with van der Waals surface area (Å²) in [5.74, 6) is 0.825. The summed E-state index contributed by atoms with van der Waals surface area (Å²) in [4.78, 5) is 12.5. The van der Waals surface area contributed by atoms with Gasteiger partial charge in [-0.1, -0.05) is 43.3 Å². The molecule has 0 heterocycles. The molecule has 2 N–H and O–H groups in total. The highest BCUT2D eigenvalue weighted by atomic mass is 16.5. The molecule has 25 heavy (non-hydrogen) atoms. The molecule has 2 atom stereocenters. The van der Waals surface area contributed by atoms with Gasteiger partial charge in [0.15, 0.2) is 11.5 Å². The van der Waals surface area contributed by atoms with Gasteiger partial charge in [-0.25, -0.2) is 0 Å². The van der Waals surface area contributed by atoms with Crippen molar-refractivity contribution in [1.82, 2.24) is 5.32 Å². The molecular formula is C20H25NO4. The zero-order valence-corrected chi connectivity index (χ0v) is 14.9. The Balaban J connectivity index is 2.01. The van der Waals surface area contributed by atoms with Gasteiger partial charge in [0.2, 0.25) is 5.91 Å². The molecule has 0 saturated heterocycles. The minimum Gasteiger partial charge on any atom is -0.493 e. The number of methoxy groups -OCH3 is 2. The Morgan fingerprint density at radius 3 is 2.32 bits per heavy atom. The van der Waals surface area contributed by atoms with Gasteiger partial charge >= 0.3 is 0 Å². The van der Waals surface area contributed by atoms with Crippen molar-refractivity contribution in [1.29, 1.82) is 0 Å². The van der Waals surface area contributed by atoms with E-state index in [1.807, 2.05) is 37.3 Å². The molecule has 0 aliphatic heterocycles. The number of aliphatic hydroxyl groups excluding tert-OH is 1. The minimum absolute atomic E-state index is 0.0896. The van der Waals surface area contributed by atoms with E-state index in [0.29, 0.717) is 23.5 Å². The summed E-state index contributed by atoms with van der Waals surface area (Å²) in [6.45, 7) is 2.11. The molecule has 5 nitrogen and oxygen atoms in total. The summed E-state index contributed by atoms with van der Waals surface area (Å²) >= 11 is 0. The number of benzene rings is 2. The highest BCUT2D eigenvalue weighted by Gasteiger charge is 2.20. The summed E-state index contributed by atoms with van der Waals surface area (Å²) in [7, 11) is 3.10. The molecule has 0 aliphatic rings. The van der Waals surface area contributed by atoms with Crippen LogP contribution in [0.25, 0.3) is 0 Å². The molecule has 0 aliphatic carbocycles. The zero-order valence-electron chi connectivity index (χ0n) is 14.9. The summed E-state index contributed by atoms with van der Waals surface area (Å²) in [6, 6.07) is 14.9. The molecular weight excluding hydrogens is 318 g/mol. The molecule has 5 heteroatoms. The Morgan fingerprint density at radius 1 is 1.04 bits per heavy atom. The van der Waals surface area contributed by atoms with Crippen molar-refractivity contribution >= 4 is 5.91 Å². The fourth-order valence-corrected chi connectivity index (χ4v) is 2.76. The van der Waals surface area contributed by atoms with E-state index in [-0.39, 0.29) is 18.4 Å². The quantitative estimate of drug-likeness (QED) is 0.773. The first-order chi connectivity index (χ1) is 12.1. The molecule has 0 aromatic heterocycles. The standard InChI is InChI=1S/C20H25NO4/c1-4-16(14-8-6-5-7-9-14)20(23)21-13-17(22)15-10-11-18(24-2)19(12-15)25-3/h5-12,16-17,22H,4,13H2,1-3H3,(H,21,23)/t16-,17-/m1/s1. The van der Waals surface area contributed by atoms with Crippen LogP contribution >= 0.6 is 0 Å². The Morgan fingerprint density at radius 2 is 1.72 bits per heavy atom. The van der Waals surface area contributed by atoms with Crippen LogP contribution in [-0.2, 0) is 4.79 Å². The highest BCUT2D eigenvalue weighted by Crippen LogP contribution is 2.30. The number of amides is 1. The van der Waals surface area contributed by atoms with Crippen LogP contribution in [0.4, 0.5) is 0 Å². The van der Waals surface area contributed by atoms with Gasteiger partial charge in [0.25, 0.3) is 0 Å². The Kier molecular flexibility index (Phi) is 6.83. The number of nitrogens with one attached hydrogen (secondary N) is 1. The third-order valence-electron chi connectivity index (χ3n) is 4.19. The molecule has 0 unspecified atom stereocenters. The maximum atomic E-state index is 12.5. The summed E-state index contributed by atoms with van der Waals surface area (Å²) in [5, 5.41) is 13.2. The second-order valence-corrected chi connectivity index (χ2v) is 5.75. The lowest BCUT2D eigenvalue weighted by atomic mass is 9.95. The smallest absolute Gasteiger partial charge is 0.227 e. The maximum absolute atomic E-state index is 12.5. The van der Waals surface area contributed by atoms with Gasteiger partial charge in [-0.05, 0) is 29.7 Å². The monoisotopic (exact) mass is 343 g/mol. The lowest BCUT2D eigenvalue weighted by Gasteiger charge is -2.18. The average molecular weight is 343 g/mol. The first-order valence-electron chi connectivity index (χ1n) is 8.33. The molecule has 0 spiro atoms. The third kappa shape index (κ3) is 4.73. The van der Waals surface area contributed by atoms with Crippen LogP contribution < -0.4 is 14.8 Å². The fourth-order valence-electron chi connectivity index (χ4n) is 2.76. The van der Waals surface area contributed by atoms with E-state index in [1.54, 1.807) is 32.4 Å². The molecule has 0 saturated carbocycles. The minimum atomic E-state index is -0.822. The number of rotatable bonds is 8. The third-order valence-corrected chi connectivity index (χ3v) is 4.19. The number of ether oxygens (including phenoxy) is 2. The number of hydrogen-bond acceptors (Lipinski definition) is 4. The van der Waals surface area contributed by atoms with Crippen LogP contribution in [0.5, 0.6) is 11.5 Å². The Bertz CT molecular complexity index is 687. The maximum Gasteiger partial charge on any atom is 0.227 e. The van der Waals surface area contributed by atoms with Crippen molar-refractivity contribution in [2.24, 2.45) is 0 Å². The zero-order chi connectivity index (χ0) is 18.2. The highest BCUT2D eigenvalue weighted by molar-refractivity contribution is 5.83. The van der Waals surface area contributed by atoms with E-state index < -0.39 is 6.10 Å². The fraction of sp³-hybridized carbons (Fsp3) is 0.350. The second-order valence-electron chi connectivity index (χ2n) is 5.75. The first kappa shape index (κ1) is 18.8. The SMILES string of the molecule is CC[C@@H](C(=O)NC[C@@H](O)c1ccc(OC)c(OC)c1)c1ccccc1. The van der Waals surface area contributed by atoms with Gasteiger partial charge in [-0.2, -0.15) is 0 Å². The molecule has 0 fully saturated rings. The van der Waals surface area contributed by atoms with Crippen molar-refractivity contribution < 1.29 is 19.4 Å². The normalized spacial score (nSPS) is 13.0. The molecule has 134 valence electrons. The molecule has 0 radical (unpaired) electrons. The van der Waals surface area contributed by atoms with Crippen molar-refractivity contribution in [3.63, 3.8) is 0 Å².